The first-order valence-electron chi connectivity index (χ1n) is 7.87. The van der Waals surface area contributed by atoms with Gasteiger partial charge in [0.15, 0.2) is 0 Å². The van der Waals surface area contributed by atoms with Crippen molar-refractivity contribution in [3.63, 3.8) is 0 Å². The molecule has 1 heterocycles. The number of nitrogens with one attached hydrogen (secondary N) is 2. The average Bonchev–Trinajstić information content (AvgIpc) is 2.67. The number of para-hydroxylation sites is 2. The summed E-state index contributed by atoms with van der Waals surface area (Å²) in [5, 5.41) is 6.53. The molecular weight excluding hydrogens is 316 g/mol. The Bertz CT molecular complexity index is 822. The summed E-state index contributed by atoms with van der Waals surface area (Å²) in [6.45, 7) is 0.662. The van der Waals surface area contributed by atoms with Crippen LogP contribution in [0.3, 0.4) is 0 Å². The molecule has 0 spiro atoms. The van der Waals surface area contributed by atoms with Gasteiger partial charge in [0.1, 0.15) is 29.5 Å². The van der Waals surface area contributed by atoms with E-state index in [-0.39, 0.29) is 0 Å². The van der Waals surface area contributed by atoms with Crippen molar-refractivity contribution in [2.45, 2.75) is 6.54 Å². The molecule has 2 aromatic carbocycles. The van der Waals surface area contributed by atoms with Gasteiger partial charge in [0, 0.05) is 12.6 Å². The van der Waals surface area contributed by atoms with E-state index in [0.29, 0.717) is 12.4 Å². The normalized spacial score (nSPS) is 10.2. The second-order valence-electron chi connectivity index (χ2n) is 5.32. The van der Waals surface area contributed by atoms with Crippen LogP contribution >= 0.6 is 0 Å². The Kier molecular flexibility index (Phi) is 5.31. The second-order valence-corrected chi connectivity index (χ2v) is 5.32. The van der Waals surface area contributed by atoms with E-state index in [1.807, 2.05) is 54.6 Å². The molecule has 0 saturated heterocycles. The zero-order valence-electron chi connectivity index (χ0n) is 14.2. The van der Waals surface area contributed by atoms with Crippen molar-refractivity contribution < 1.29 is 9.47 Å². The molecule has 0 fully saturated rings. The molecule has 1 aromatic heterocycles. The van der Waals surface area contributed by atoms with Crippen molar-refractivity contribution in [2.24, 2.45) is 0 Å². The highest BCUT2D eigenvalue weighted by molar-refractivity contribution is 5.65. The molecule has 3 aromatic rings. The van der Waals surface area contributed by atoms with E-state index in [9.17, 15) is 0 Å². The molecule has 0 amide bonds. The maximum Gasteiger partial charge on any atom is 0.142 e. The highest BCUT2D eigenvalue weighted by atomic mass is 16.5. The summed E-state index contributed by atoms with van der Waals surface area (Å²) >= 11 is 0. The SMILES string of the molecule is COc1ccc(CNc2cc(Nc3ccccc3OC)ncn2)cc1. The van der Waals surface area contributed by atoms with E-state index < -0.39 is 0 Å². The standard InChI is InChI=1S/C19H20N4O2/c1-24-15-9-7-14(8-10-15)12-20-18-11-19(22-13-21-18)23-16-5-3-4-6-17(16)25-2/h3-11,13H,12H2,1-2H3,(H2,20,21,22,23). The van der Waals surface area contributed by atoms with E-state index in [2.05, 4.69) is 20.6 Å². The molecular formula is C19H20N4O2. The number of rotatable bonds is 7. The zero-order valence-corrected chi connectivity index (χ0v) is 14.2. The van der Waals surface area contributed by atoms with Crippen molar-refractivity contribution in [1.29, 1.82) is 0 Å². The minimum atomic E-state index is 0.662. The Morgan fingerprint density at radius 2 is 1.64 bits per heavy atom. The van der Waals surface area contributed by atoms with Crippen LogP contribution in [0.25, 0.3) is 0 Å². The van der Waals surface area contributed by atoms with Crippen LogP contribution in [-0.4, -0.2) is 24.2 Å². The molecule has 0 saturated carbocycles. The maximum absolute atomic E-state index is 5.34. The molecule has 0 radical (unpaired) electrons. The van der Waals surface area contributed by atoms with Crippen LogP contribution in [-0.2, 0) is 6.54 Å². The fourth-order valence-corrected chi connectivity index (χ4v) is 2.34. The van der Waals surface area contributed by atoms with Gasteiger partial charge in [-0.05, 0) is 29.8 Å². The monoisotopic (exact) mass is 336 g/mol. The lowest BCUT2D eigenvalue weighted by atomic mass is 10.2. The minimum absolute atomic E-state index is 0.662. The lowest BCUT2D eigenvalue weighted by molar-refractivity contribution is 0.414. The van der Waals surface area contributed by atoms with E-state index in [1.54, 1.807) is 14.2 Å². The molecule has 0 aliphatic rings. The Hall–Kier alpha value is -3.28. The maximum atomic E-state index is 5.34. The smallest absolute Gasteiger partial charge is 0.142 e. The third kappa shape index (κ3) is 4.38. The molecule has 0 atom stereocenters. The number of methoxy groups -OCH3 is 2. The van der Waals surface area contributed by atoms with Gasteiger partial charge in [-0.25, -0.2) is 9.97 Å². The highest BCUT2D eigenvalue weighted by Crippen LogP contribution is 2.26. The van der Waals surface area contributed by atoms with Crippen LogP contribution in [0.15, 0.2) is 60.9 Å². The van der Waals surface area contributed by atoms with Crippen LogP contribution in [0.2, 0.25) is 0 Å². The first-order valence-corrected chi connectivity index (χ1v) is 7.87. The first-order chi connectivity index (χ1) is 12.3. The number of hydrogen-bond donors (Lipinski definition) is 2. The molecule has 25 heavy (non-hydrogen) atoms. The van der Waals surface area contributed by atoms with Gasteiger partial charge in [-0.3, -0.25) is 0 Å². The molecule has 0 bridgehead atoms. The van der Waals surface area contributed by atoms with Crippen molar-refractivity contribution in [3.05, 3.63) is 66.5 Å². The quantitative estimate of drug-likeness (QED) is 0.683. The van der Waals surface area contributed by atoms with E-state index in [0.717, 1.165) is 28.6 Å². The van der Waals surface area contributed by atoms with E-state index in [4.69, 9.17) is 9.47 Å². The summed E-state index contributed by atoms with van der Waals surface area (Å²) in [4.78, 5) is 8.51. The summed E-state index contributed by atoms with van der Waals surface area (Å²) in [6.07, 6.45) is 1.52. The van der Waals surface area contributed by atoms with Crippen molar-refractivity contribution >= 4 is 17.3 Å². The molecule has 6 nitrogen and oxygen atoms in total. The Balaban J connectivity index is 1.66. The predicted octanol–water partition coefficient (Wildman–Crippen LogP) is 3.85. The molecule has 0 unspecified atom stereocenters. The number of hydrogen-bond acceptors (Lipinski definition) is 6. The van der Waals surface area contributed by atoms with Crippen LogP contribution < -0.4 is 20.1 Å². The Labute approximate surface area is 146 Å². The highest BCUT2D eigenvalue weighted by Gasteiger charge is 2.04. The third-order valence-electron chi connectivity index (χ3n) is 3.67. The number of ether oxygens (including phenoxy) is 2. The summed E-state index contributed by atoms with van der Waals surface area (Å²) in [5.41, 5.74) is 1.99. The van der Waals surface area contributed by atoms with Gasteiger partial charge in [0.2, 0.25) is 0 Å². The zero-order chi connectivity index (χ0) is 17.5. The van der Waals surface area contributed by atoms with Crippen LogP contribution in [0.4, 0.5) is 17.3 Å². The largest absolute Gasteiger partial charge is 0.497 e. The fourth-order valence-electron chi connectivity index (χ4n) is 2.34. The summed E-state index contributed by atoms with van der Waals surface area (Å²) in [5.74, 6) is 3.03. The van der Waals surface area contributed by atoms with Gasteiger partial charge < -0.3 is 20.1 Å². The molecule has 6 heteroatoms. The molecule has 3 rings (SSSR count). The van der Waals surface area contributed by atoms with Crippen molar-refractivity contribution in [1.82, 2.24) is 9.97 Å². The van der Waals surface area contributed by atoms with Crippen LogP contribution in [0.5, 0.6) is 11.5 Å². The van der Waals surface area contributed by atoms with Gasteiger partial charge in [0.05, 0.1) is 19.9 Å². The number of nitrogens with zero attached hydrogens (tertiary/aromatic N) is 2. The topological polar surface area (TPSA) is 68.3 Å². The first kappa shape index (κ1) is 16.6. The Morgan fingerprint density at radius 1 is 0.880 bits per heavy atom. The molecule has 128 valence electrons. The minimum Gasteiger partial charge on any atom is -0.497 e. The predicted molar refractivity (Wildman–Crippen MR) is 98.6 cm³/mol. The Morgan fingerprint density at radius 3 is 2.40 bits per heavy atom. The van der Waals surface area contributed by atoms with Gasteiger partial charge in [0.25, 0.3) is 0 Å². The lowest BCUT2D eigenvalue weighted by Gasteiger charge is -2.11. The average molecular weight is 336 g/mol. The number of benzene rings is 2. The number of anilines is 3. The molecule has 0 aliphatic heterocycles. The van der Waals surface area contributed by atoms with Crippen LogP contribution in [0.1, 0.15) is 5.56 Å². The van der Waals surface area contributed by atoms with Crippen molar-refractivity contribution in [3.8, 4) is 11.5 Å². The fraction of sp³-hybridized carbons (Fsp3) is 0.158. The van der Waals surface area contributed by atoms with Gasteiger partial charge in [-0.2, -0.15) is 0 Å². The molecule has 2 N–H and O–H groups in total. The van der Waals surface area contributed by atoms with Gasteiger partial charge >= 0.3 is 0 Å². The van der Waals surface area contributed by atoms with Gasteiger partial charge in [-0.1, -0.05) is 24.3 Å². The van der Waals surface area contributed by atoms with E-state index in [1.165, 1.54) is 6.33 Å². The van der Waals surface area contributed by atoms with Crippen LogP contribution in [0, 0.1) is 0 Å². The summed E-state index contributed by atoms with van der Waals surface area (Å²) < 4.78 is 10.5. The summed E-state index contributed by atoms with van der Waals surface area (Å²) in [7, 11) is 3.30. The van der Waals surface area contributed by atoms with Gasteiger partial charge in [-0.15, -0.1) is 0 Å². The molecule has 0 aliphatic carbocycles. The van der Waals surface area contributed by atoms with E-state index >= 15 is 0 Å². The third-order valence-corrected chi connectivity index (χ3v) is 3.67. The number of aromatic nitrogens is 2. The van der Waals surface area contributed by atoms with Crippen molar-refractivity contribution in [2.75, 3.05) is 24.9 Å². The summed E-state index contributed by atoms with van der Waals surface area (Å²) in [6, 6.07) is 17.5. The lowest BCUT2D eigenvalue weighted by Crippen LogP contribution is -2.03. The second kappa shape index (κ2) is 8.01.